The fraction of sp³-hybridized carbons (Fsp3) is 0.435. The van der Waals surface area contributed by atoms with Gasteiger partial charge in [0.1, 0.15) is 0 Å². The lowest BCUT2D eigenvalue weighted by Crippen LogP contribution is -2.41. The van der Waals surface area contributed by atoms with Gasteiger partial charge in [-0.25, -0.2) is 0 Å². The Morgan fingerprint density at radius 3 is 2.40 bits per heavy atom. The zero-order valence-electron chi connectivity index (χ0n) is 17.5. The van der Waals surface area contributed by atoms with Gasteiger partial charge in [-0.3, -0.25) is 4.79 Å². The highest BCUT2D eigenvalue weighted by atomic mass is 19.4. The number of amides is 1. The number of carbonyl (C=O) groups excluding carboxylic acids is 1. The minimum Gasteiger partial charge on any atom is -0.493 e. The van der Waals surface area contributed by atoms with Crippen molar-refractivity contribution < 1.29 is 27.4 Å². The smallest absolute Gasteiger partial charge is 0.416 e. The Morgan fingerprint density at radius 1 is 1.13 bits per heavy atom. The first kappa shape index (κ1) is 22.0. The van der Waals surface area contributed by atoms with Crippen LogP contribution >= 0.6 is 0 Å². The van der Waals surface area contributed by atoms with Crippen LogP contribution in [0.2, 0.25) is 0 Å². The molecule has 0 aliphatic carbocycles. The largest absolute Gasteiger partial charge is 0.493 e. The van der Waals surface area contributed by atoms with Crippen LogP contribution in [0.1, 0.15) is 48.6 Å². The van der Waals surface area contributed by atoms with Gasteiger partial charge in [-0.1, -0.05) is 26.0 Å². The number of alkyl halides is 3. The highest BCUT2D eigenvalue weighted by molar-refractivity contribution is 5.78. The van der Waals surface area contributed by atoms with Gasteiger partial charge in [-0.15, -0.1) is 0 Å². The summed E-state index contributed by atoms with van der Waals surface area (Å²) in [5.41, 5.74) is 1.39. The maximum absolute atomic E-state index is 13.4. The van der Waals surface area contributed by atoms with E-state index < -0.39 is 17.8 Å². The van der Waals surface area contributed by atoms with Gasteiger partial charge in [0, 0.05) is 13.0 Å². The molecule has 30 heavy (non-hydrogen) atoms. The number of ether oxygens (including phenoxy) is 2. The second-order valence-corrected chi connectivity index (χ2v) is 7.87. The Morgan fingerprint density at radius 2 is 1.80 bits per heavy atom. The summed E-state index contributed by atoms with van der Waals surface area (Å²) in [6.45, 7) is 4.32. The summed E-state index contributed by atoms with van der Waals surface area (Å²) >= 11 is 0. The van der Waals surface area contributed by atoms with Crippen LogP contribution in [-0.4, -0.2) is 31.6 Å². The highest BCUT2D eigenvalue weighted by Crippen LogP contribution is 2.42. The number of nitrogens with zero attached hydrogens (tertiary/aromatic N) is 1. The topological polar surface area (TPSA) is 38.8 Å². The average Bonchev–Trinajstić information content (AvgIpc) is 2.70. The lowest BCUT2D eigenvalue weighted by molar-refractivity contribution is -0.137. The molecule has 0 unspecified atom stereocenters. The number of hydrogen-bond acceptors (Lipinski definition) is 3. The van der Waals surface area contributed by atoms with Crippen molar-refractivity contribution in [1.82, 2.24) is 4.90 Å². The van der Waals surface area contributed by atoms with Crippen LogP contribution in [0.5, 0.6) is 11.5 Å². The maximum atomic E-state index is 13.4. The molecule has 162 valence electrons. The van der Waals surface area contributed by atoms with Crippen molar-refractivity contribution in [2.24, 2.45) is 5.92 Å². The molecule has 0 bridgehead atoms. The first-order chi connectivity index (χ1) is 14.2. The van der Waals surface area contributed by atoms with Crippen molar-refractivity contribution in [3.63, 3.8) is 0 Å². The molecule has 2 aromatic carbocycles. The molecule has 2 aromatic rings. The summed E-state index contributed by atoms with van der Waals surface area (Å²) in [4.78, 5) is 14.7. The minimum absolute atomic E-state index is 0.0761. The molecule has 7 heteroatoms. The molecule has 0 fully saturated rings. The van der Waals surface area contributed by atoms with Gasteiger partial charge < -0.3 is 14.4 Å². The third-order valence-electron chi connectivity index (χ3n) is 5.31. The van der Waals surface area contributed by atoms with E-state index in [1.165, 1.54) is 20.3 Å². The van der Waals surface area contributed by atoms with E-state index in [4.69, 9.17) is 9.47 Å². The number of carbonyl (C=O) groups is 1. The van der Waals surface area contributed by atoms with Crippen molar-refractivity contribution in [2.75, 3.05) is 20.8 Å². The van der Waals surface area contributed by atoms with E-state index in [9.17, 15) is 18.0 Å². The van der Waals surface area contributed by atoms with Crippen LogP contribution in [0, 0.1) is 5.92 Å². The van der Waals surface area contributed by atoms with Crippen LogP contribution in [0.25, 0.3) is 0 Å². The Bertz CT molecular complexity index is 924. The molecule has 0 spiro atoms. The van der Waals surface area contributed by atoms with Crippen molar-refractivity contribution in [3.8, 4) is 11.5 Å². The third-order valence-corrected chi connectivity index (χ3v) is 5.31. The summed E-state index contributed by atoms with van der Waals surface area (Å²) in [7, 11) is 3.05. The van der Waals surface area contributed by atoms with Gasteiger partial charge in [0.2, 0.25) is 5.91 Å². The summed E-state index contributed by atoms with van der Waals surface area (Å²) in [6.07, 6.45) is -3.54. The Hall–Kier alpha value is -2.70. The standard InChI is InChI=1S/C23H26F3NO3/c1-14(2)10-21(28)27-9-8-15-12-19(29-3)20(30-4)13-18(15)22(27)16-6-5-7-17(11-16)23(24,25)26/h5-7,11-14,22H,8-10H2,1-4H3/t22-/m0/s1. The minimum atomic E-state index is -4.46. The molecular weight excluding hydrogens is 395 g/mol. The zero-order chi connectivity index (χ0) is 22.1. The van der Waals surface area contributed by atoms with E-state index in [1.54, 1.807) is 17.0 Å². The van der Waals surface area contributed by atoms with Crippen LogP contribution in [-0.2, 0) is 17.4 Å². The molecule has 1 atom stereocenters. The highest BCUT2D eigenvalue weighted by Gasteiger charge is 2.36. The van der Waals surface area contributed by atoms with Gasteiger partial charge >= 0.3 is 6.18 Å². The van der Waals surface area contributed by atoms with Crippen molar-refractivity contribution in [1.29, 1.82) is 0 Å². The Kier molecular flexibility index (Phi) is 6.29. The fourth-order valence-corrected chi connectivity index (χ4v) is 3.93. The molecule has 3 rings (SSSR count). The molecule has 0 saturated heterocycles. The molecule has 0 saturated carbocycles. The SMILES string of the molecule is COc1cc2c(cc1OC)[C@H](c1cccc(C(F)(F)F)c1)N(C(=O)CC(C)C)CC2. The van der Waals surface area contributed by atoms with Gasteiger partial charge in [0.05, 0.1) is 25.8 Å². The lowest BCUT2D eigenvalue weighted by atomic mass is 9.86. The van der Waals surface area contributed by atoms with Crippen molar-refractivity contribution in [3.05, 3.63) is 58.7 Å². The quantitative estimate of drug-likeness (QED) is 0.663. The summed E-state index contributed by atoms with van der Waals surface area (Å²) in [5, 5.41) is 0. The number of halogens is 3. The first-order valence-corrected chi connectivity index (χ1v) is 9.87. The van der Waals surface area contributed by atoms with Gasteiger partial charge in [0.15, 0.2) is 11.5 Å². The van der Waals surface area contributed by atoms with E-state index in [0.717, 1.165) is 23.3 Å². The number of methoxy groups -OCH3 is 2. The third kappa shape index (κ3) is 4.40. The second kappa shape index (κ2) is 8.58. The molecule has 0 aromatic heterocycles. The predicted octanol–water partition coefficient (Wildman–Crippen LogP) is 5.24. The fourth-order valence-electron chi connectivity index (χ4n) is 3.93. The van der Waals surface area contributed by atoms with E-state index in [-0.39, 0.29) is 11.8 Å². The Balaban J connectivity index is 2.17. The first-order valence-electron chi connectivity index (χ1n) is 9.87. The molecular formula is C23H26F3NO3. The summed E-state index contributed by atoms with van der Waals surface area (Å²) in [5.74, 6) is 1.10. The predicted molar refractivity (Wildman–Crippen MR) is 108 cm³/mol. The van der Waals surface area contributed by atoms with Crippen LogP contribution in [0.3, 0.4) is 0 Å². The Labute approximate surface area is 174 Å². The van der Waals surface area contributed by atoms with Gasteiger partial charge in [-0.2, -0.15) is 13.2 Å². The molecule has 1 heterocycles. The van der Waals surface area contributed by atoms with E-state index in [2.05, 4.69) is 0 Å². The monoisotopic (exact) mass is 421 g/mol. The molecule has 0 N–H and O–H groups in total. The number of rotatable bonds is 5. The van der Waals surface area contributed by atoms with Crippen molar-refractivity contribution in [2.45, 2.75) is 38.9 Å². The summed E-state index contributed by atoms with van der Waals surface area (Å²) < 4.78 is 50.9. The maximum Gasteiger partial charge on any atom is 0.416 e. The zero-order valence-corrected chi connectivity index (χ0v) is 17.5. The second-order valence-electron chi connectivity index (χ2n) is 7.87. The summed E-state index contributed by atoms with van der Waals surface area (Å²) in [6, 6.07) is 8.20. The molecule has 4 nitrogen and oxygen atoms in total. The molecule has 0 radical (unpaired) electrons. The number of benzene rings is 2. The van der Waals surface area contributed by atoms with Crippen LogP contribution in [0.15, 0.2) is 36.4 Å². The van der Waals surface area contributed by atoms with Crippen LogP contribution < -0.4 is 9.47 Å². The normalized spacial score (nSPS) is 16.4. The van der Waals surface area contributed by atoms with Crippen molar-refractivity contribution >= 4 is 5.91 Å². The number of fused-ring (bicyclic) bond motifs is 1. The van der Waals surface area contributed by atoms with Gasteiger partial charge in [0.25, 0.3) is 0 Å². The van der Waals surface area contributed by atoms with Gasteiger partial charge in [-0.05, 0) is 53.3 Å². The molecule has 1 amide bonds. The van der Waals surface area contributed by atoms with Crippen LogP contribution in [0.4, 0.5) is 13.2 Å². The molecule has 1 aliphatic heterocycles. The van der Waals surface area contributed by atoms with E-state index in [0.29, 0.717) is 36.4 Å². The lowest BCUT2D eigenvalue weighted by Gasteiger charge is -2.38. The van der Waals surface area contributed by atoms with E-state index >= 15 is 0 Å². The molecule has 1 aliphatic rings. The average molecular weight is 421 g/mol. The number of hydrogen-bond donors (Lipinski definition) is 0. The van der Waals surface area contributed by atoms with E-state index in [1.807, 2.05) is 19.9 Å².